The molecule has 0 saturated carbocycles. The van der Waals surface area contributed by atoms with Gasteiger partial charge in [-0.25, -0.2) is 9.78 Å². The lowest BCUT2D eigenvalue weighted by Gasteiger charge is -2.32. The summed E-state index contributed by atoms with van der Waals surface area (Å²) in [6, 6.07) is 20.9. The van der Waals surface area contributed by atoms with Gasteiger partial charge in [-0.2, -0.15) is 4.39 Å². The zero-order valence-corrected chi connectivity index (χ0v) is 21.5. The van der Waals surface area contributed by atoms with E-state index in [9.17, 15) is 9.18 Å². The van der Waals surface area contributed by atoms with Crippen molar-refractivity contribution >= 4 is 19.3 Å². The van der Waals surface area contributed by atoms with E-state index in [1.54, 1.807) is 18.2 Å². The number of amides is 1. The Morgan fingerprint density at radius 2 is 1.57 bits per heavy atom. The first kappa shape index (κ1) is 25.2. The molecule has 0 atom stereocenters. The predicted octanol–water partition coefficient (Wildman–Crippen LogP) is 5.77. The molecule has 0 unspecified atom stereocenters. The first-order valence-electron chi connectivity index (χ1n) is 12.4. The lowest BCUT2D eigenvalue weighted by molar-refractivity contribution is 0.00578. The van der Waals surface area contributed by atoms with Crippen molar-refractivity contribution in [2.45, 2.75) is 44.8 Å². The SMILES string of the molecule is CC1(C)OB(C(=Cc2cccc(F)n2)CNC(=O)OCC2c3ccccc3-c3ccccc32)OC1(C)C. The standard InChI is InChI=1S/C29H30BFN2O4/c1-28(2)29(3,4)37-30(36-28)19(16-20-10-9-15-26(31)33-20)17-32-27(34)35-18-25-23-13-7-5-11-21(23)22-12-6-8-14-24(22)25/h5-16,25H,17-18H2,1-4H3,(H,32,34). The number of nitrogens with zero attached hydrogens (tertiary/aromatic N) is 1. The van der Waals surface area contributed by atoms with Crippen LogP contribution < -0.4 is 5.32 Å². The summed E-state index contributed by atoms with van der Waals surface area (Å²) in [4.78, 5) is 16.7. The maximum absolute atomic E-state index is 13.7. The van der Waals surface area contributed by atoms with Crippen LogP contribution in [0.5, 0.6) is 0 Å². The minimum absolute atomic E-state index is 0.0345. The Morgan fingerprint density at radius 1 is 0.973 bits per heavy atom. The molecule has 0 bridgehead atoms. The second-order valence-corrected chi connectivity index (χ2v) is 10.4. The molecule has 1 aromatic heterocycles. The molecule has 1 fully saturated rings. The normalized spacial score (nSPS) is 17.9. The van der Waals surface area contributed by atoms with Crippen LogP contribution in [0.4, 0.5) is 9.18 Å². The maximum atomic E-state index is 13.7. The highest BCUT2D eigenvalue weighted by atomic mass is 19.1. The molecule has 190 valence electrons. The molecule has 3 aromatic rings. The third-order valence-corrected chi connectivity index (χ3v) is 7.41. The quantitative estimate of drug-likeness (QED) is 0.344. The molecule has 1 aliphatic heterocycles. The number of fused-ring (bicyclic) bond motifs is 3. The number of rotatable bonds is 6. The zero-order chi connectivity index (χ0) is 26.2. The minimum atomic E-state index is -0.732. The topological polar surface area (TPSA) is 69.7 Å². The second-order valence-electron chi connectivity index (χ2n) is 10.4. The number of aromatic nitrogens is 1. The van der Waals surface area contributed by atoms with Crippen LogP contribution in [0.15, 0.2) is 72.2 Å². The number of ether oxygens (including phenoxy) is 1. The van der Waals surface area contributed by atoms with Crippen LogP contribution in [-0.2, 0) is 14.0 Å². The van der Waals surface area contributed by atoms with E-state index in [1.165, 1.54) is 17.2 Å². The van der Waals surface area contributed by atoms with Gasteiger partial charge in [0.2, 0.25) is 5.95 Å². The second kappa shape index (κ2) is 9.76. The van der Waals surface area contributed by atoms with Gasteiger partial charge in [0.15, 0.2) is 0 Å². The van der Waals surface area contributed by atoms with Gasteiger partial charge in [-0.1, -0.05) is 54.6 Å². The fraction of sp³-hybridized carbons (Fsp3) is 0.310. The summed E-state index contributed by atoms with van der Waals surface area (Å²) in [5.74, 6) is -0.626. The Hall–Kier alpha value is -3.49. The summed E-state index contributed by atoms with van der Waals surface area (Å²) >= 11 is 0. The molecule has 1 saturated heterocycles. The van der Waals surface area contributed by atoms with Crippen LogP contribution in [0, 0.1) is 5.95 Å². The monoisotopic (exact) mass is 500 g/mol. The van der Waals surface area contributed by atoms with Gasteiger partial charge < -0.3 is 19.4 Å². The Labute approximate surface area is 217 Å². The first-order chi connectivity index (χ1) is 17.6. The van der Waals surface area contributed by atoms with E-state index < -0.39 is 30.4 Å². The number of carbonyl (C=O) groups excluding carboxylic acids is 1. The Morgan fingerprint density at radius 3 is 2.16 bits per heavy atom. The highest BCUT2D eigenvalue weighted by molar-refractivity contribution is 6.56. The van der Waals surface area contributed by atoms with E-state index in [4.69, 9.17) is 14.0 Å². The molecule has 2 aliphatic rings. The van der Waals surface area contributed by atoms with E-state index >= 15 is 0 Å². The van der Waals surface area contributed by atoms with Gasteiger partial charge in [0.05, 0.1) is 16.9 Å². The number of alkyl carbamates (subject to hydrolysis) is 1. The summed E-state index contributed by atoms with van der Waals surface area (Å²) in [6.07, 6.45) is 1.12. The van der Waals surface area contributed by atoms with Crippen LogP contribution in [0.1, 0.15) is 50.4 Å². The van der Waals surface area contributed by atoms with Crippen LogP contribution in [0.3, 0.4) is 0 Å². The van der Waals surface area contributed by atoms with Gasteiger partial charge in [0, 0.05) is 12.5 Å². The number of nitrogens with one attached hydrogen (secondary N) is 1. The fourth-order valence-corrected chi connectivity index (χ4v) is 4.71. The van der Waals surface area contributed by atoms with Gasteiger partial charge >= 0.3 is 13.2 Å². The van der Waals surface area contributed by atoms with Crippen molar-refractivity contribution in [1.82, 2.24) is 10.3 Å². The van der Waals surface area contributed by atoms with E-state index in [2.05, 4.69) is 34.6 Å². The van der Waals surface area contributed by atoms with Crippen molar-refractivity contribution in [1.29, 1.82) is 0 Å². The third-order valence-electron chi connectivity index (χ3n) is 7.41. The average molecular weight is 500 g/mol. The number of hydrogen-bond acceptors (Lipinski definition) is 5. The van der Waals surface area contributed by atoms with Gasteiger partial charge in [-0.05, 0) is 73.6 Å². The largest absolute Gasteiger partial charge is 0.492 e. The Balaban J connectivity index is 1.29. The highest BCUT2D eigenvalue weighted by Crippen LogP contribution is 2.44. The molecule has 8 heteroatoms. The Bertz CT molecular complexity index is 1300. The molecule has 6 nitrogen and oxygen atoms in total. The van der Waals surface area contributed by atoms with Gasteiger partial charge in [-0.15, -0.1) is 0 Å². The number of halogens is 1. The number of pyridine rings is 1. The summed E-state index contributed by atoms with van der Waals surface area (Å²) in [7, 11) is -0.732. The lowest BCUT2D eigenvalue weighted by Crippen LogP contribution is -2.41. The first-order valence-corrected chi connectivity index (χ1v) is 12.4. The summed E-state index contributed by atoms with van der Waals surface area (Å²) < 4.78 is 31.7. The molecule has 0 radical (unpaired) electrons. The molecule has 1 N–H and O–H groups in total. The van der Waals surface area contributed by atoms with Crippen LogP contribution in [0.25, 0.3) is 17.2 Å². The van der Waals surface area contributed by atoms with Crippen molar-refractivity contribution in [3.8, 4) is 11.1 Å². The number of carbonyl (C=O) groups is 1. The van der Waals surface area contributed by atoms with Gasteiger partial charge in [0.25, 0.3) is 0 Å². The van der Waals surface area contributed by atoms with E-state index in [1.807, 2.05) is 52.0 Å². The maximum Gasteiger partial charge on any atom is 0.492 e. The van der Waals surface area contributed by atoms with Crippen molar-refractivity contribution < 1.29 is 23.2 Å². The van der Waals surface area contributed by atoms with E-state index in [0.29, 0.717) is 11.2 Å². The van der Waals surface area contributed by atoms with E-state index in [0.717, 1.165) is 11.1 Å². The molecule has 5 rings (SSSR count). The Kier molecular flexibility index (Phi) is 6.64. The van der Waals surface area contributed by atoms with Crippen molar-refractivity contribution in [3.63, 3.8) is 0 Å². The van der Waals surface area contributed by atoms with Gasteiger partial charge in [0.1, 0.15) is 6.61 Å². The number of hydrogen-bond donors (Lipinski definition) is 1. The van der Waals surface area contributed by atoms with Crippen LogP contribution >= 0.6 is 0 Å². The van der Waals surface area contributed by atoms with Gasteiger partial charge in [-0.3, -0.25) is 0 Å². The summed E-state index contributed by atoms with van der Waals surface area (Å²) in [5, 5.41) is 2.81. The molecule has 2 heterocycles. The molecule has 37 heavy (non-hydrogen) atoms. The van der Waals surface area contributed by atoms with Crippen LogP contribution in [-0.4, -0.2) is 42.5 Å². The smallest absolute Gasteiger partial charge is 0.449 e. The average Bonchev–Trinajstić information content (AvgIpc) is 3.29. The molecule has 1 amide bonds. The lowest BCUT2D eigenvalue weighted by atomic mass is 9.77. The highest BCUT2D eigenvalue weighted by Gasteiger charge is 2.52. The molecular weight excluding hydrogens is 470 g/mol. The summed E-state index contributed by atoms with van der Waals surface area (Å²) in [5.41, 5.74) is 4.48. The fourth-order valence-electron chi connectivity index (χ4n) is 4.71. The molecule has 1 aliphatic carbocycles. The third kappa shape index (κ3) is 5.04. The van der Waals surface area contributed by atoms with Crippen molar-refractivity contribution in [3.05, 3.63) is 95.0 Å². The number of benzene rings is 2. The predicted molar refractivity (Wildman–Crippen MR) is 141 cm³/mol. The molecular formula is C29H30BFN2O4. The summed E-state index contributed by atoms with van der Waals surface area (Å²) in [6.45, 7) is 8.09. The zero-order valence-electron chi connectivity index (χ0n) is 21.5. The minimum Gasteiger partial charge on any atom is -0.449 e. The van der Waals surface area contributed by atoms with Crippen LogP contribution in [0.2, 0.25) is 0 Å². The van der Waals surface area contributed by atoms with Crippen molar-refractivity contribution in [2.75, 3.05) is 13.2 Å². The molecule has 0 spiro atoms. The molecule has 2 aromatic carbocycles. The van der Waals surface area contributed by atoms with E-state index in [-0.39, 0.29) is 19.1 Å². The van der Waals surface area contributed by atoms with Crippen molar-refractivity contribution in [2.24, 2.45) is 0 Å².